The third kappa shape index (κ3) is 3.39. The second-order valence-corrected chi connectivity index (χ2v) is 5.40. The van der Waals surface area contributed by atoms with Gasteiger partial charge < -0.3 is 20.2 Å². The number of likely N-dealkylation sites (N-methyl/N-ethyl adjacent to an activating group) is 1. The van der Waals surface area contributed by atoms with E-state index in [1.807, 2.05) is 19.2 Å². The molecular formula is C15H25N3O. The molecule has 4 heteroatoms. The van der Waals surface area contributed by atoms with Gasteiger partial charge in [0.25, 0.3) is 0 Å². The SMILES string of the molecule is CNC(C)c1ccc(N2CCCN(C)CC2)cc1O. The van der Waals surface area contributed by atoms with Crippen molar-refractivity contribution in [3.05, 3.63) is 23.8 Å². The lowest BCUT2D eigenvalue weighted by atomic mass is 10.1. The van der Waals surface area contributed by atoms with Crippen LogP contribution in [0.15, 0.2) is 18.2 Å². The van der Waals surface area contributed by atoms with Crippen molar-refractivity contribution in [1.82, 2.24) is 10.2 Å². The third-order valence-electron chi connectivity index (χ3n) is 4.00. The van der Waals surface area contributed by atoms with E-state index in [1.165, 1.54) is 6.42 Å². The largest absolute Gasteiger partial charge is 0.508 e. The first-order valence-corrected chi connectivity index (χ1v) is 7.05. The molecule has 2 N–H and O–H groups in total. The van der Waals surface area contributed by atoms with E-state index < -0.39 is 0 Å². The van der Waals surface area contributed by atoms with Crippen molar-refractivity contribution in [3.63, 3.8) is 0 Å². The Balaban J connectivity index is 2.15. The molecule has 1 heterocycles. The van der Waals surface area contributed by atoms with E-state index >= 15 is 0 Å². The van der Waals surface area contributed by atoms with Crippen molar-refractivity contribution >= 4 is 5.69 Å². The van der Waals surface area contributed by atoms with Gasteiger partial charge in [-0.15, -0.1) is 0 Å². The minimum absolute atomic E-state index is 0.171. The molecule has 4 nitrogen and oxygen atoms in total. The molecule has 1 aromatic rings. The summed E-state index contributed by atoms with van der Waals surface area (Å²) in [7, 11) is 4.07. The zero-order valence-electron chi connectivity index (χ0n) is 12.2. The maximum Gasteiger partial charge on any atom is 0.122 e. The number of anilines is 1. The summed E-state index contributed by atoms with van der Waals surface area (Å²) < 4.78 is 0. The first-order chi connectivity index (χ1) is 9.11. The molecule has 0 radical (unpaired) electrons. The van der Waals surface area contributed by atoms with Gasteiger partial charge in [0.2, 0.25) is 0 Å². The number of benzene rings is 1. The first-order valence-electron chi connectivity index (χ1n) is 7.05. The van der Waals surface area contributed by atoms with Gasteiger partial charge in [0.1, 0.15) is 5.75 Å². The highest BCUT2D eigenvalue weighted by atomic mass is 16.3. The second-order valence-electron chi connectivity index (χ2n) is 5.40. The summed E-state index contributed by atoms with van der Waals surface area (Å²) >= 11 is 0. The van der Waals surface area contributed by atoms with Gasteiger partial charge in [-0.25, -0.2) is 0 Å². The molecule has 1 aliphatic rings. The van der Waals surface area contributed by atoms with E-state index in [1.54, 1.807) is 0 Å². The van der Waals surface area contributed by atoms with Crippen molar-refractivity contribution < 1.29 is 5.11 Å². The van der Waals surface area contributed by atoms with Crippen LogP contribution in [0.4, 0.5) is 5.69 Å². The Bertz CT molecular complexity index is 422. The van der Waals surface area contributed by atoms with Gasteiger partial charge in [0, 0.05) is 43.0 Å². The molecule has 0 aromatic heterocycles. The standard InChI is InChI=1S/C15H25N3O/c1-12(16-2)14-6-5-13(11-15(14)19)18-8-4-7-17(3)9-10-18/h5-6,11-12,16,19H,4,7-10H2,1-3H3. The van der Waals surface area contributed by atoms with Crippen LogP contribution in [-0.2, 0) is 0 Å². The van der Waals surface area contributed by atoms with Crippen LogP contribution in [0.25, 0.3) is 0 Å². The number of nitrogens with zero attached hydrogens (tertiary/aromatic N) is 2. The first kappa shape index (κ1) is 14.2. The average Bonchev–Trinajstić information content (AvgIpc) is 2.62. The molecule has 1 aliphatic heterocycles. The van der Waals surface area contributed by atoms with E-state index in [4.69, 9.17) is 0 Å². The smallest absolute Gasteiger partial charge is 0.122 e. The zero-order valence-corrected chi connectivity index (χ0v) is 12.2. The maximum absolute atomic E-state index is 10.2. The van der Waals surface area contributed by atoms with Crippen LogP contribution in [0.1, 0.15) is 24.9 Å². The van der Waals surface area contributed by atoms with Crippen LogP contribution in [0.3, 0.4) is 0 Å². The van der Waals surface area contributed by atoms with Crippen LogP contribution >= 0.6 is 0 Å². The highest BCUT2D eigenvalue weighted by Crippen LogP contribution is 2.29. The number of phenols is 1. The summed E-state index contributed by atoms with van der Waals surface area (Å²) in [4.78, 5) is 4.72. The third-order valence-corrected chi connectivity index (χ3v) is 4.00. The van der Waals surface area contributed by atoms with E-state index in [2.05, 4.69) is 35.2 Å². The van der Waals surface area contributed by atoms with Gasteiger partial charge in [-0.1, -0.05) is 6.07 Å². The van der Waals surface area contributed by atoms with Crippen LogP contribution < -0.4 is 10.2 Å². The molecule has 0 aliphatic carbocycles. The van der Waals surface area contributed by atoms with E-state index in [0.717, 1.165) is 37.4 Å². The highest BCUT2D eigenvalue weighted by Gasteiger charge is 2.15. The highest BCUT2D eigenvalue weighted by molar-refractivity contribution is 5.54. The van der Waals surface area contributed by atoms with Crippen molar-refractivity contribution in [3.8, 4) is 5.75 Å². The maximum atomic E-state index is 10.2. The van der Waals surface area contributed by atoms with Crippen molar-refractivity contribution in [2.45, 2.75) is 19.4 Å². The fourth-order valence-corrected chi connectivity index (χ4v) is 2.56. The fraction of sp³-hybridized carbons (Fsp3) is 0.600. The number of aromatic hydroxyl groups is 1. The van der Waals surface area contributed by atoms with Gasteiger partial charge in [0.15, 0.2) is 0 Å². The molecule has 0 amide bonds. The predicted molar refractivity (Wildman–Crippen MR) is 79.9 cm³/mol. The molecule has 1 atom stereocenters. The average molecular weight is 263 g/mol. The number of hydrogen-bond donors (Lipinski definition) is 2. The zero-order chi connectivity index (χ0) is 13.8. The van der Waals surface area contributed by atoms with Gasteiger partial charge in [-0.05, 0) is 40.1 Å². The molecular weight excluding hydrogens is 238 g/mol. The summed E-state index contributed by atoms with van der Waals surface area (Å²) in [5.74, 6) is 0.386. The Morgan fingerprint density at radius 2 is 2.00 bits per heavy atom. The molecule has 1 fully saturated rings. The Morgan fingerprint density at radius 3 is 2.68 bits per heavy atom. The molecule has 0 bridgehead atoms. The minimum Gasteiger partial charge on any atom is -0.508 e. The molecule has 0 saturated carbocycles. The lowest BCUT2D eigenvalue weighted by molar-refractivity contribution is 0.360. The molecule has 1 aromatic carbocycles. The Hall–Kier alpha value is -1.26. The van der Waals surface area contributed by atoms with E-state index in [-0.39, 0.29) is 6.04 Å². The molecule has 19 heavy (non-hydrogen) atoms. The summed E-state index contributed by atoms with van der Waals surface area (Å²) in [6.45, 7) is 6.37. The number of phenolic OH excluding ortho intramolecular Hbond substituents is 1. The molecule has 1 saturated heterocycles. The summed E-state index contributed by atoms with van der Waals surface area (Å²) in [5.41, 5.74) is 2.08. The molecule has 106 valence electrons. The monoisotopic (exact) mass is 263 g/mol. The van der Waals surface area contributed by atoms with Crippen molar-refractivity contribution in [2.24, 2.45) is 0 Å². The number of hydrogen-bond acceptors (Lipinski definition) is 4. The van der Waals surface area contributed by atoms with Crippen LogP contribution in [0.2, 0.25) is 0 Å². The molecule has 2 rings (SSSR count). The summed E-state index contributed by atoms with van der Waals surface area (Å²) in [6, 6.07) is 6.22. The van der Waals surface area contributed by atoms with Crippen LogP contribution in [0.5, 0.6) is 5.75 Å². The van der Waals surface area contributed by atoms with Gasteiger partial charge >= 0.3 is 0 Å². The molecule has 1 unspecified atom stereocenters. The molecule has 0 spiro atoms. The van der Waals surface area contributed by atoms with Crippen molar-refractivity contribution in [1.29, 1.82) is 0 Å². The van der Waals surface area contributed by atoms with Crippen molar-refractivity contribution in [2.75, 3.05) is 45.2 Å². The lowest BCUT2D eigenvalue weighted by Crippen LogP contribution is -2.28. The Kier molecular flexibility index (Phi) is 4.66. The summed E-state index contributed by atoms with van der Waals surface area (Å²) in [5, 5.41) is 13.3. The van der Waals surface area contributed by atoms with Gasteiger partial charge in [0.05, 0.1) is 0 Å². The predicted octanol–water partition coefficient (Wildman–Crippen LogP) is 1.81. The van der Waals surface area contributed by atoms with Crippen LogP contribution in [0, 0.1) is 0 Å². The minimum atomic E-state index is 0.171. The van der Waals surface area contributed by atoms with E-state index in [0.29, 0.717) is 5.75 Å². The summed E-state index contributed by atoms with van der Waals surface area (Å²) in [6.07, 6.45) is 1.17. The van der Waals surface area contributed by atoms with E-state index in [9.17, 15) is 5.11 Å². The lowest BCUT2D eigenvalue weighted by Gasteiger charge is -2.24. The number of rotatable bonds is 3. The fourth-order valence-electron chi connectivity index (χ4n) is 2.56. The Morgan fingerprint density at radius 1 is 1.21 bits per heavy atom. The van der Waals surface area contributed by atoms with Gasteiger partial charge in [-0.2, -0.15) is 0 Å². The number of nitrogens with one attached hydrogen (secondary N) is 1. The quantitative estimate of drug-likeness (QED) is 0.872. The normalized spacial score (nSPS) is 19.2. The Labute approximate surface area is 116 Å². The topological polar surface area (TPSA) is 38.7 Å². The van der Waals surface area contributed by atoms with Gasteiger partial charge in [-0.3, -0.25) is 0 Å². The second kappa shape index (κ2) is 6.26. The van der Waals surface area contributed by atoms with Crippen LogP contribution in [-0.4, -0.2) is 50.3 Å².